The SMILES string of the molecule is O=C(Cn1nc(-c2ccc(Cl)cc2)n(CC(O)C(F)(F)F)c1=O)NC(c1ccccc1)C(O)C(F)(F)F. The van der Waals surface area contributed by atoms with Crippen LogP contribution in [0.15, 0.2) is 59.4 Å². The van der Waals surface area contributed by atoms with Crippen molar-refractivity contribution < 1.29 is 41.4 Å². The molecule has 0 bridgehead atoms. The van der Waals surface area contributed by atoms with Gasteiger partial charge in [-0.1, -0.05) is 41.9 Å². The number of alkyl halides is 6. The molecular formula is C22H19ClF6N4O4. The van der Waals surface area contributed by atoms with Crippen LogP contribution >= 0.6 is 11.6 Å². The molecule has 37 heavy (non-hydrogen) atoms. The summed E-state index contributed by atoms with van der Waals surface area (Å²) in [5.74, 6) is -1.55. The van der Waals surface area contributed by atoms with Gasteiger partial charge in [0.15, 0.2) is 18.0 Å². The number of hydrogen-bond acceptors (Lipinski definition) is 5. The third kappa shape index (κ3) is 6.90. The third-order valence-electron chi connectivity index (χ3n) is 5.18. The van der Waals surface area contributed by atoms with Crippen LogP contribution in [0.5, 0.6) is 0 Å². The minimum Gasteiger partial charge on any atom is -0.382 e. The van der Waals surface area contributed by atoms with Crippen LogP contribution in [-0.4, -0.2) is 55.0 Å². The quantitative estimate of drug-likeness (QED) is 0.372. The van der Waals surface area contributed by atoms with E-state index in [4.69, 9.17) is 11.6 Å². The number of benzene rings is 2. The van der Waals surface area contributed by atoms with E-state index in [0.717, 1.165) is 0 Å². The number of carbonyl (C=O) groups excluding carboxylic acids is 1. The summed E-state index contributed by atoms with van der Waals surface area (Å²) in [6.07, 6.45) is -16.1. The van der Waals surface area contributed by atoms with Crippen molar-refractivity contribution in [2.75, 3.05) is 0 Å². The van der Waals surface area contributed by atoms with E-state index in [0.29, 0.717) is 9.25 Å². The van der Waals surface area contributed by atoms with Crippen LogP contribution in [0.4, 0.5) is 26.3 Å². The Labute approximate surface area is 209 Å². The molecule has 3 rings (SSSR count). The highest BCUT2D eigenvalue weighted by Crippen LogP contribution is 2.30. The predicted octanol–water partition coefficient (Wildman–Crippen LogP) is 3.07. The van der Waals surface area contributed by atoms with Gasteiger partial charge in [-0.05, 0) is 29.8 Å². The van der Waals surface area contributed by atoms with E-state index in [1.165, 1.54) is 54.6 Å². The predicted molar refractivity (Wildman–Crippen MR) is 118 cm³/mol. The van der Waals surface area contributed by atoms with Gasteiger partial charge in [-0.3, -0.25) is 9.36 Å². The summed E-state index contributed by atoms with van der Waals surface area (Å²) >= 11 is 5.81. The molecule has 0 saturated carbocycles. The molecule has 0 aliphatic heterocycles. The maximum atomic E-state index is 13.2. The van der Waals surface area contributed by atoms with E-state index < -0.39 is 55.3 Å². The van der Waals surface area contributed by atoms with Crippen LogP contribution in [0.3, 0.4) is 0 Å². The molecule has 3 N–H and O–H groups in total. The highest BCUT2D eigenvalue weighted by molar-refractivity contribution is 6.30. The first-order valence-electron chi connectivity index (χ1n) is 10.5. The maximum Gasteiger partial charge on any atom is 0.416 e. The summed E-state index contributed by atoms with van der Waals surface area (Å²) in [5, 5.41) is 25.4. The van der Waals surface area contributed by atoms with Crippen molar-refractivity contribution in [2.45, 2.75) is 43.7 Å². The fourth-order valence-corrected chi connectivity index (χ4v) is 3.47. The fourth-order valence-electron chi connectivity index (χ4n) is 3.35. The molecule has 0 fully saturated rings. The van der Waals surface area contributed by atoms with Gasteiger partial charge in [-0.15, -0.1) is 5.10 Å². The topological polar surface area (TPSA) is 109 Å². The van der Waals surface area contributed by atoms with E-state index in [1.54, 1.807) is 0 Å². The monoisotopic (exact) mass is 552 g/mol. The number of rotatable bonds is 8. The summed E-state index contributed by atoms with van der Waals surface area (Å²) < 4.78 is 79.4. The molecule has 200 valence electrons. The number of nitrogens with zero attached hydrogens (tertiary/aromatic N) is 3. The molecule has 0 spiro atoms. The highest BCUT2D eigenvalue weighted by atomic mass is 35.5. The Morgan fingerprint density at radius 2 is 1.57 bits per heavy atom. The normalized spacial score (nSPS) is 14.7. The number of nitrogens with one attached hydrogen (secondary N) is 1. The first-order chi connectivity index (χ1) is 17.2. The fraction of sp³-hybridized carbons (Fsp3) is 0.318. The van der Waals surface area contributed by atoms with E-state index in [2.05, 4.69) is 5.10 Å². The van der Waals surface area contributed by atoms with Crippen LogP contribution in [-0.2, 0) is 17.9 Å². The van der Waals surface area contributed by atoms with Crippen molar-refractivity contribution in [1.29, 1.82) is 0 Å². The van der Waals surface area contributed by atoms with Gasteiger partial charge in [-0.25, -0.2) is 9.48 Å². The van der Waals surface area contributed by atoms with Gasteiger partial charge >= 0.3 is 18.0 Å². The van der Waals surface area contributed by atoms with E-state index in [9.17, 15) is 46.1 Å². The van der Waals surface area contributed by atoms with Gasteiger partial charge in [0.2, 0.25) is 5.91 Å². The molecule has 0 radical (unpaired) electrons. The van der Waals surface area contributed by atoms with Gasteiger partial charge in [0.25, 0.3) is 0 Å². The van der Waals surface area contributed by atoms with Crippen LogP contribution in [0.1, 0.15) is 11.6 Å². The standard InChI is InChI=1S/C22H19ClF6N4O4/c23-14-8-6-13(7-9-14)19-31-33(20(37)32(19)10-15(34)21(24,25)26)11-16(35)30-17(18(36)22(27,28)29)12-4-2-1-3-5-12/h1-9,15,17-18,34,36H,10-11H2,(H,30,35). The average Bonchev–Trinajstić information content (AvgIpc) is 3.11. The lowest BCUT2D eigenvalue weighted by atomic mass is 10.0. The van der Waals surface area contributed by atoms with Crippen molar-refractivity contribution in [1.82, 2.24) is 19.7 Å². The lowest BCUT2D eigenvalue weighted by Gasteiger charge is -2.26. The second-order valence-corrected chi connectivity index (χ2v) is 8.32. The molecule has 3 aromatic rings. The number of aromatic nitrogens is 3. The minimum atomic E-state index is -5.11. The largest absolute Gasteiger partial charge is 0.416 e. The van der Waals surface area contributed by atoms with Crippen molar-refractivity contribution in [3.63, 3.8) is 0 Å². The van der Waals surface area contributed by atoms with Crippen LogP contribution in [0.25, 0.3) is 11.4 Å². The van der Waals surface area contributed by atoms with Crippen molar-refractivity contribution in [2.24, 2.45) is 0 Å². The van der Waals surface area contributed by atoms with Crippen molar-refractivity contribution >= 4 is 17.5 Å². The van der Waals surface area contributed by atoms with Crippen molar-refractivity contribution in [3.05, 3.63) is 75.7 Å². The average molecular weight is 553 g/mol. The summed E-state index contributed by atoms with van der Waals surface area (Å²) in [6, 6.07) is 10.2. The molecule has 1 heterocycles. The number of aliphatic hydroxyl groups is 2. The highest BCUT2D eigenvalue weighted by Gasteiger charge is 2.45. The zero-order valence-corrected chi connectivity index (χ0v) is 19.3. The molecule has 1 aromatic heterocycles. The number of amides is 1. The van der Waals surface area contributed by atoms with E-state index in [1.807, 2.05) is 5.32 Å². The summed E-state index contributed by atoms with van der Waals surface area (Å²) in [5.41, 5.74) is -1.21. The number of hydrogen-bond donors (Lipinski definition) is 3. The van der Waals surface area contributed by atoms with Gasteiger partial charge in [-0.2, -0.15) is 26.3 Å². The summed E-state index contributed by atoms with van der Waals surface area (Å²) in [4.78, 5) is 25.4. The smallest absolute Gasteiger partial charge is 0.382 e. The van der Waals surface area contributed by atoms with Gasteiger partial charge in [0.05, 0.1) is 12.6 Å². The molecular weight excluding hydrogens is 534 g/mol. The van der Waals surface area contributed by atoms with Gasteiger partial charge in [0, 0.05) is 10.6 Å². The Morgan fingerprint density at radius 3 is 2.11 bits per heavy atom. The lowest BCUT2D eigenvalue weighted by Crippen LogP contribution is -2.45. The molecule has 0 saturated heterocycles. The molecule has 2 aromatic carbocycles. The zero-order chi connectivity index (χ0) is 27.5. The molecule has 0 aliphatic rings. The van der Waals surface area contributed by atoms with Gasteiger partial charge in [0.1, 0.15) is 6.54 Å². The molecule has 0 aliphatic carbocycles. The Bertz CT molecular complexity index is 1280. The Balaban J connectivity index is 1.95. The van der Waals surface area contributed by atoms with E-state index >= 15 is 0 Å². The summed E-state index contributed by atoms with van der Waals surface area (Å²) in [6.45, 7) is -2.26. The zero-order valence-electron chi connectivity index (χ0n) is 18.5. The van der Waals surface area contributed by atoms with E-state index in [-0.39, 0.29) is 22.0 Å². The number of carbonyl (C=O) groups is 1. The van der Waals surface area contributed by atoms with Crippen LogP contribution in [0, 0.1) is 0 Å². The maximum absolute atomic E-state index is 13.2. The summed E-state index contributed by atoms with van der Waals surface area (Å²) in [7, 11) is 0. The van der Waals surface area contributed by atoms with Crippen LogP contribution < -0.4 is 11.0 Å². The van der Waals surface area contributed by atoms with Crippen molar-refractivity contribution in [3.8, 4) is 11.4 Å². The lowest BCUT2D eigenvalue weighted by molar-refractivity contribution is -0.213. The first kappa shape index (κ1) is 28.2. The molecule has 1 amide bonds. The van der Waals surface area contributed by atoms with Gasteiger partial charge < -0.3 is 15.5 Å². The molecule has 3 unspecified atom stereocenters. The second kappa shape index (κ2) is 10.9. The number of halogens is 7. The third-order valence-corrected chi connectivity index (χ3v) is 5.43. The first-order valence-corrected chi connectivity index (χ1v) is 10.8. The molecule has 15 heteroatoms. The molecule has 3 atom stereocenters. The second-order valence-electron chi connectivity index (χ2n) is 7.88. The molecule has 8 nitrogen and oxygen atoms in total. The Hall–Kier alpha value is -3.36. The number of aliphatic hydroxyl groups excluding tert-OH is 2. The minimum absolute atomic E-state index is 0.0892. The van der Waals surface area contributed by atoms with Crippen LogP contribution in [0.2, 0.25) is 5.02 Å². The Kier molecular flexibility index (Phi) is 8.35. The Morgan fingerprint density at radius 1 is 0.973 bits per heavy atom.